The van der Waals surface area contributed by atoms with Crippen molar-refractivity contribution in [2.45, 2.75) is 110 Å². The first-order chi connectivity index (χ1) is 25.8. The highest BCUT2D eigenvalue weighted by molar-refractivity contribution is 5.91. The summed E-state index contributed by atoms with van der Waals surface area (Å²) in [5.41, 5.74) is 3.49. The molecule has 7 atom stereocenters. The highest BCUT2D eigenvalue weighted by Crippen LogP contribution is 2.65. The van der Waals surface area contributed by atoms with Crippen LogP contribution in [0.2, 0.25) is 0 Å². The summed E-state index contributed by atoms with van der Waals surface area (Å²) in [6.45, 7) is 10.8. The first-order valence-corrected chi connectivity index (χ1v) is 20.2. The van der Waals surface area contributed by atoms with Crippen molar-refractivity contribution in [1.29, 1.82) is 5.26 Å². The lowest BCUT2D eigenvalue weighted by Crippen LogP contribution is -2.51. The summed E-state index contributed by atoms with van der Waals surface area (Å²) in [4.78, 5) is 14.1. The Morgan fingerprint density at radius 3 is 2.19 bits per heavy atom. The van der Waals surface area contributed by atoms with Crippen molar-refractivity contribution >= 4 is 5.78 Å². The van der Waals surface area contributed by atoms with E-state index in [2.05, 4.69) is 51.8 Å². The number of carbonyl (C=O) groups is 1. The average Bonchev–Trinajstić information content (AvgIpc) is 3.49. The molecule has 3 saturated carbocycles. The van der Waals surface area contributed by atoms with Crippen molar-refractivity contribution in [2.75, 3.05) is 48.6 Å². The Morgan fingerprint density at radius 1 is 0.870 bits per heavy atom. The number of carbonyl (C=O) groups excluding carboxylic acids is 1. The van der Waals surface area contributed by atoms with Gasteiger partial charge < -0.3 is 29.0 Å². The molecule has 0 heterocycles. The van der Waals surface area contributed by atoms with Crippen molar-refractivity contribution in [3.63, 3.8) is 0 Å². The molecule has 2 aromatic rings. The van der Waals surface area contributed by atoms with Crippen molar-refractivity contribution < 1.29 is 28.8 Å². The number of aliphatic hydroxyl groups excluding tert-OH is 1. The third-order valence-corrected chi connectivity index (χ3v) is 14.3. The molecule has 4 aliphatic rings. The van der Waals surface area contributed by atoms with Gasteiger partial charge in [0.2, 0.25) is 0 Å². The standard InChI is InChI=1S/C27H38N2O4.C19H28O2/c1-20(2)27(19-28,22-10-12-24(31-5)26(18-22)33-7)14-8-15-29(3)16-13-21-9-11-23(30-4)25(17-21)32-6;1-18-9-7-13(20)11-12(18)3-4-14-15-5-6-17(21)19(15,2)10-8-16(14)18/h9-12,17-18,20H,8,13-16H2,1-7H3;11,14-17,21H,3-10H2,1-2H3/t;14-,15-,16-,17-,18-,19-/m.0/s1. The molecule has 0 bridgehead atoms. The Kier molecular flexibility index (Phi) is 13.5. The number of ketones is 1. The van der Waals surface area contributed by atoms with Crippen LogP contribution in [0.4, 0.5) is 0 Å². The molecule has 296 valence electrons. The average molecular weight is 743 g/mol. The maximum Gasteiger partial charge on any atom is 0.161 e. The van der Waals surface area contributed by atoms with E-state index >= 15 is 0 Å². The van der Waals surface area contributed by atoms with E-state index in [0.29, 0.717) is 23.2 Å². The van der Waals surface area contributed by atoms with Crippen LogP contribution in [0.1, 0.15) is 103 Å². The minimum atomic E-state index is -0.580. The molecule has 54 heavy (non-hydrogen) atoms. The first kappa shape index (κ1) is 41.6. The van der Waals surface area contributed by atoms with Crippen molar-refractivity contribution in [1.82, 2.24) is 4.90 Å². The number of hydrogen-bond acceptors (Lipinski definition) is 8. The van der Waals surface area contributed by atoms with Gasteiger partial charge in [0.15, 0.2) is 28.8 Å². The second-order valence-corrected chi connectivity index (χ2v) is 17.3. The normalized spacial score (nSPS) is 28.4. The van der Waals surface area contributed by atoms with Crippen LogP contribution in [0.3, 0.4) is 0 Å². The largest absolute Gasteiger partial charge is 0.493 e. The van der Waals surface area contributed by atoms with Crippen LogP contribution in [-0.2, 0) is 16.6 Å². The van der Waals surface area contributed by atoms with Gasteiger partial charge in [-0.2, -0.15) is 5.26 Å². The minimum absolute atomic E-state index is 0.0823. The number of aliphatic hydroxyl groups is 1. The maximum atomic E-state index is 11.8. The van der Waals surface area contributed by atoms with Gasteiger partial charge in [-0.1, -0.05) is 45.4 Å². The monoisotopic (exact) mass is 742 g/mol. The highest BCUT2D eigenvalue weighted by atomic mass is 16.5. The number of allylic oxidation sites excluding steroid dienone is 1. The van der Waals surface area contributed by atoms with Crippen molar-refractivity contribution in [3.05, 3.63) is 59.2 Å². The van der Waals surface area contributed by atoms with Gasteiger partial charge in [-0.3, -0.25) is 4.79 Å². The molecule has 0 aliphatic heterocycles. The Labute approximate surface area is 325 Å². The van der Waals surface area contributed by atoms with E-state index in [1.54, 1.807) is 28.4 Å². The molecule has 0 radical (unpaired) electrons. The molecule has 0 aromatic heterocycles. The summed E-state index contributed by atoms with van der Waals surface area (Å²) in [5.74, 6) is 5.56. The van der Waals surface area contributed by atoms with Crippen LogP contribution in [0.5, 0.6) is 23.0 Å². The van der Waals surface area contributed by atoms with Gasteiger partial charge >= 0.3 is 0 Å². The molecular weight excluding hydrogens is 677 g/mol. The Bertz CT molecular complexity index is 1680. The Balaban J connectivity index is 0.000000227. The van der Waals surface area contributed by atoms with Crippen LogP contribution in [0.25, 0.3) is 0 Å². The summed E-state index contributed by atoms with van der Waals surface area (Å²) >= 11 is 0. The summed E-state index contributed by atoms with van der Waals surface area (Å²) < 4.78 is 21.6. The fourth-order valence-electron chi connectivity index (χ4n) is 10.8. The molecule has 6 rings (SSSR count). The van der Waals surface area contributed by atoms with Gasteiger partial charge in [-0.25, -0.2) is 0 Å². The van der Waals surface area contributed by atoms with Crippen LogP contribution >= 0.6 is 0 Å². The number of ether oxygens (including phenoxy) is 4. The third kappa shape index (κ3) is 8.19. The van der Waals surface area contributed by atoms with E-state index in [-0.39, 0.29) is 22.9 Å². The zero-order valence-corrected chi connectivity index (χ0v) is 34.5. The Hall–Kier alpha value is -3.54. The van der Waals surface area contributed by atoms with Crippen LogP contribution in [0.15, 0.2) is 48.0 Å². The lowest BCUT2D eigenvalue weighted by atomic mass is 9.47. The van der Waals surface area contributed by atoms with E-state index in [1.807, 2.05) is 36.4 Å². The number of methoxy groups -OCH3 is 4. The molecular formula is C46H66N2O6. The number of fused-ring (bicyclic) bond motifs is 5. The van der Waals surface area contributed by atoms with Gasteiger partial charge in [0.25, 0.3) is 0 Å². The van der Waals surface area contributed by atoms with Gasteiger partial charge in [0.05, 0.1) is 46.0 Å². The Morgan fingerprint density at radius 2 is 1.54 bits per heavy atom. The fraction of sp³-hybridized carbons (Fsp3) is 0.652. The molecule has 4 aliphatic carbocycles. The predicted molar refractivity (Wildman–Crippen MR) is 214 cm³/mol. The number of rotatable bonds is 13. The third-order valence-electron chi connectivity index (χ3n) is 14.3. The number of likely N-dealkylation sites (N-methyl/N-ethyl adjacent to an activating group) is 1. The van der Waals surface area contributed by atoms with E-state index < -0.39 is 5.41 Å². The minimum Gasteiger partial charge on any atom is -0.493 e. The van der Waals surface area contributed by atoms with E-state index in [9.17, 15) is 15.2 Å². The van der Waals surface area contributed by atoms with Gasteiger partial charge in [-0.15, -0.1) is 0 Å². The molecule has 3 fully saturated rings. The number of nitrogens with zero attached hydrogens (tertiary/aromatic N) is 2. The molecule has 8 nitrogen and oxygen atoms in total. The molecule has 0 amide bonds. The smallest absolute Gasteiger partial charge is 0.161 e. The molecule has 1 N–H and O–H groups in total. The number of benzene rings is 2. The second kappa shape index (κ2) is 17.5. The maximum absolute atomic E-state index is 11.8. The summed E-state index contributed by atoms with van der Waals surface area (Å²) in [7, 11) is 8.67. The van der Waals surface area contributed by atoms with Crippen molar-refractivity contribution in [3.8, 4) is 29.1 Å². The van der Waals surface area contributed by atoms with E-state index in [0.717, 1.165) is 86.9 Å². The topological polar surface area (TPSA) is 101 Å². The molecule has 1 unspecified atom stereocenters. The van der Waals surface area contributed by atoms with E-state index in [4.69, 9.17) is 18.9 Å². The van der Waals surface area contributed by atoms with Crippen LogP contribution in [0, 0.1) is 45.8 Å². The number of nitriles is 1. The van der Waals surface area contributed by atoms with E-state index in [1.165, 1.54) is 36.8 Å². The quantitative estimate of drug-likeness (QED) is 0.217. The first-order valence-electron chi connectivity index (χ1n) is 20.2. The summed E-state index contributed by atoms with van der Waals surface area (Å²) in [6.07, 6.45) is 13.3. The predicted octanol–water partition coefficient (Wildman–Crippen LogP) is 8.97. The summed E-state index contributed by atoms with van der Waals surface area (Å²) in [6, 6.07) is 14.5. The van der Waals surface area contributed by atoms with Gasteiger partial charge in [0.1, 0.15) is 0 Å². The van der Waals surface area contributed by atoms with Crippen LogP contribution in [-0.4, -0.2) is 70.5 Å². The zero-order valence-electron chi connectivity index (χ0n) is 34.5. The van der Waals surface area contributed by atoms with Crippen LogP contribution < -0.4 is 18.9 Å². The van der Waals surface area contributed by atoms with Gasteiger partial charge in [0, 0.05) is 13.0 Å². The fourth-order valence-corrected chi connectivity index (χ4v) is 10.8. The number of hydrogen-bond donors (Lipinski definition) is 1. The second-order valence-electron chi connectivity index (χ2n) is 17.3. The molecule has 0 spiro atoms. The zero-order chi connectivity index (χ0) is 39.3. The summed E-state index contributed by atoms with van der Waals surface area (Å²) in [5, 5.41) is 20.7. The SMILES string of the molecule is COc1ccc(CCN(C)CCCC(C#N)(c2ccc(OC)c(OC)c2)C(C)C)cc1OC.C[C@]12CC[C@H]3[C@@H](CCC4=CC(=O)CC[C@@]43C)[C@@H]1CC[C@@H]2O. The van der Waals surface area contributed by atoms with Crippen molar-refractivity contribution in [2.24, 2.45) is 34.5 Å². The molecule has 8 heteroatoms. The molecule has 0 saturated heterocycles. The lowest BCUT2D eigenvalue weighted by Gasteiger charge is -2.57. The lowest BCUT2D eigenvalue weighted by molar-refractivity contribution is -0.118. The van der Waals surface area contributed by atoms with Gasteiger partial charge in [-0.05, 0) is 154 Å². The highest BCUT2D eigenvalue weighted by Gasteiger charge is 2.58. The molecule has 2 aromatic carbocycles.